The molecule has 0 fully saturated rings. The molecule has 0 heterocycles. The summed E-state index contributed by atoms with van der Waals surface area (Å²) in [4.78, 5) is 23.5. The van der Waals surface area contributed by atoms with E-state index in [9.17, 15) is 31.5 Å². The number of carbonyl (C=O) groups excluding carboxylic acids is 2. The third-order valence-corrected chi connectivity index (χ3v) is 3.58. The molecule has 2 aromatic rings. The molecular weight excluding hydrogens is 423 g/mol. The average Bonchev–Trinajstić information content (AvgIpc) is 2.71. The van der Waals surface area contributed by atoms with Crippen molar-refractivity contribution < 1.29 is 36.3 Å². The standard InChI is InChI=1S/C18H8ClF5N2O3/c19-10-3-1-8(2-4-10)5-9(6-25)18(28)29-7-11(27)26-17-15(23)13(21)12(20)14(22)16(17)24/h1-5H,7H2,(H,26,27)/b9-5-. The summed E-state index contributed by atoms with van der Waals surface area (Å²) in [6.07, 6.45) is 1.13. The van der Waals surface area contributed by atoms with Gasteiger partial charge in [0.15, 0.2) is 29.9 Å². The van der Waals surface area contributed by atoms with Gasteiger partial charge in [-0.15, -0.1) is 0 Å². The molecule has 0 bridgehead atoms. The molecule has 29 heavy (non-hydrogen) atoms. The molecule has 0 saturated carbocycles. The fourth-order valence-electron chi connectivity index (χ4n) is 1.96. The Morgan fingerprint density at radius 3 is 2.03 bits per heavy atom. The van der Waals surface area contributed by atoms with Crippen LogP contribution in [-0.4, -0.2) is 18.5 Å². The minimum Gasteiger partial charge on any atom is -0.451 e. The van der Waals surface area contributed by atoms with Gasteiger partial charge in [0.2, 0.25) is 5.82 Å². The molecule has 0 atom stereocenters. The third-order valence-electron chi connectivity index (χ3n) is 3.33. The number of carbonyl (C=O) groups is 2. The van der Waals surface area contributed by atoms with E-state index in [1.54, 1.807) is 0 Å². The number of rotatable bonds is 5. The van der Waals surface area contributed by atoms with Crippen LogP contribution in [0.4, 0.5) is 27.6 Å². The maximum absolute atomic E-state index is 13.5. The van der Waals surface area contributed by atoms with Crippen molar-refractivity contribution >= 4 is 35.2 Å². The Labute approximate surface area is 164 Å². The highest BCUT2D eigenvalue weighted by molar-refractivity contribution is 6.30. The summed E-state index contributed by atoms with van der Waals surface area (Å²) in [5, 5.41) is 10.8. The van der Waals surface area contributed by atoms with E-state index in [1.807, 2.05) is 0 Å². The number of nitrogens with one attached hydrogen (secondary N) is 1. The van der Waals surface area contributed by atoms with Gasteiger partial charge >= 0.3 is 5.97 Å². The van der Waals surface area contributed by atoms with Crippen LogP contribution in [-0.2, 0) is 14.3 Å². The first kappa shape index (κ1) is 21.8. The van der Waals surface area contributed by atoms with Crippen LogP contribution in [0.1, 0.15) is 5.56 Å². The van der Waals surface area contributed by atoms with Gasteiger partial charge in [-0.2, -0.15) is 5.26 Å². The number of hydrogen-bond donors (Lipinski definition) is 1. The Bertz CT molecular complexity index is 1020. The molecule has 11 heteroatoms. The zero-order valence-electron chi connectivity index (χ0n) is 14.0. The first-order chi connectivity index (χ1) is 13.6. The first-order valence-electron chi connectivity index (χ1n) is 7.51. The highest BCUT2D eigenvalue weighted by Gasteiger charge is 2.27. The lowest BCUT2D eigenvalue weighted by Gasteiger charge is -2.10. The van der Waals surface area contributed by atoms with Gasteiger partial charge in [0.25, 0.3) is 5.91 Å². The normalized spacial score (nSPS) is 11.0. The Kier molecular flexibility index (Phi) is 6.90. The predicted octanol–water partition coefficient (Wildman–Crippen LogP) is 4.12. The number of nitriles is 1. The molecule has 150 valence electrons. The molecular formula is C18H8ClF5N2O3. The van der Waals surface area contributed by atoms with Crippen molar-refractivity contribution in [2.45, 2.75) is 0 Å². The van der Waals surface area contributed by atoms with E-state index in [1.165, 1.54) is 35.7 Å². The number of ether oxygens (including phenoxy) is 1. The van der Waals surface area contributed by atoms with Crippen LogP contribution in [0.25, 0.3) is 6.08 Å². The topological polar surface area (TPSA) is 79.2 Å². The van der Waals surface area contributed by atoms with Gasteiger partial charge in [0.05, 0.1) is 0 Å². The van der Waals surface area contributed by atoms with Crippen molar-refractivity contribution in [1.82, 2.24) is 0 Å². The minimum absolute atomic E-state index is 0.410. The smallest absolute Gasteiger partial charge is 0.349 e. The van der Waals surface area contributed by atoms with Crippen molar-refractivity contribution in [3.8, 4) is 6.07 Å². The molecule has 0 unspecified atom stereocenters. The van der Waals surface area contributed by atoms with Crippen LogP contribution < -0.4 is 5.32 Å². The molecule has 0 aliphatic rings. The minimum atomic E-state index is -2.39. The zero-order valence-corrected chi connectivity index (χ0v) is 14.8. The van der Waals surface area contributed by atoms with Crippen LogP contribution in [0.5, 0.6) is 0 Å². The molecule has 2 aromatic carbocycles. The van der Waals surface area contributed by atoms with E-state index in [-0.39, 0.29) is 0 Å². The van der Waals surface area contributed by atoms with Crippen molar-refractivity contribution in [2.24, 2.45) is 0 Å². The molecule has 0 spiro atoms. The Morgan fingerprint density at radius 2 is 1.52 bits per heavy atom. The summed E-state index contributed by atoms with van der Waals surface area (Å²) >= 11 is 5.70. The molecule has 2 rings (SSSR count). The van der Waals surface area contributed by atoms with Crippen molar-refractivity contribution in [3.63, 3.8) is 0 Å². The maximum atomic E-state index is 13.5. The Morgan fingerprint density at radius 1 is 1.00 bits per heavy atom. The molecule has 0 aliphatic carbocycles. The molecule has 0 radical (unpaired) electrons. The van der Waals surface area contributed by atoms with E-state index >= 15 is 0 Å². The second-order valence-corrected chi connectivity index (χ2v) is 5.73. The number of nitrogens with zero attached hydrogens (tertiary/aromatic N) is 1. The van der Waals surface area contributed by atoms with E-state index < -0.39 is 58.8 Å². The molecule has 0 aliphatic heterocycles. The van der Waals surface area contributed by atoms with E-state index in [4.69, 9.17) is 16.9 Å². The fourth-order valence-corrected chi connectivity index (χ4v) is 2.09. The lowest BCUT2D eigenvalue weighted by Crippen LogP contribution is -2.23. The number of halogens is 6. The van der Waals surface area contributed by atoms with Crippen LogP contribution in [0.3, 0.4) is 0 Å². The number of benzene rings is 2. The van der Waals surface area contributed by atoms with Crippen molar-refractivity contribution in [3.05, 3.63) is 69.5 Å². The number of amides is 1. The van der Waals surface area contributed by atoms with Crippen LogP contribution in [0.15, 0.2) is 29.8 Å². The van der Waals surface area contributed by atoms with Crippen LogP contribution in [0.2, 0.25) is 5.02 Å². The summed E-state index contributed by atoms with van der Waals surface area (Å²) in [6.45, 7) is -1.15. The van der Waals surface area contributed by atoms with Gasteiger partial charge in [-0.05, 0) is 23.8 Å². The summed E-state index contributed by atoms with van der Waals surface area (Å²) in [6, 6.07) is 7.50. The molecule has 0 saturated heterocycles. The zero-order chi connectivity index (χ0) is 21.7. The average molecular weight is 431 g/mol. The summed E-state index contributed by atoms with van der Waals surface area (Å²) in [5.41, 5.74) is -1.70. The Balaban J connectivity index is 2.08. The maximum Gasteiger partial charge on any atom is 0.349 e. The quantitative estimate of drug-likeness (QED) is 0.193. The van der Waals surface area contributed by atoms with Crippen LogP contribution in [0, 0.1) is 40.4 Å². The van der Waals surface area contributed by atoms with Crippen molar-refractivity contribution in [2.75, 3.05) is 11.9 Å². The fraction of sp³-hybridized carbons (Fsp3) is 0.0556. The predicted molar refractivity (Wildman–Crippen MR) is 90.9 cm³/mol. The van der Waals surface area contributed by atoms with Crippen LogP contribution >= 0.6 is 11.6 Å². The number of esters is 1. The second-order valence-electron chi connectivity index (χ2n) is 5.29. The third kappa shape index (κ3) is 5.08. The van der Waals surface area contributed by atoms with Gasteiger partial charge in [-0.3, -0.25) is 4.79 Å². The highest BCUT2D eigenvalue weighted by atomic mass is 35.5. The molecule has 0 aromatic heterocycles. The number of anilines is 1. The van der Waals surface area contributed by atoms with Gasteiger partial charge in [0, 0.05) is 5.02 Å². The van der Waals surface area contributed by atoms with Gasteiger partial charge in [0.1, 0.15) is 17.3 Å². The Hall–Kier alpha value is -3.45. The lowest BCUT2D eigenvalue weighted by molar-refractivity contribution is -0.142. The van der Waals surface area contributed by atoms with Gasteiger partial charge in [-0.25, -0.2) is 26.7 Å². The van der Waals surface area contributed by atoms with E-state index in [0.29, 0.717) is 10.6 Å². The number of hydrogen-bond acceptors (Lipinski definition) is 4. The van der Waals surface area contributed by atoms with E-state index in [0.717, 1.165) is 6.08 Å². The van der Waals surface area contributed by atoms with Gasteiger partial charge in [-0.1, -0.05) is 23.7 Å². The second kappa shape index (κ2) is 9.16. The SMILES string of the molecule is N#C/C(=C/c1ccc(Cl)cc1)C(=O)OCC(=O)Nc1c(F)c(F)c(F)c(F)c1F. The van der Waals surface area contributed by atoms with Gasteiger partial charge < -0.3 is 10.1 Å². The molecule has 1 N–H and O–H groups in total. The van der Waals surface area contributed by atoms with E-state index in [2.05, 4.69) is 4.74 Å². The molecule has 1 amide bonds. The lowest BCUT2D eigenvalue weighted by atomic mass is 10.1. The highest BCUT2D eigenvalue weighted by Crippen LogP contribution is 2.27. The van der Waals surface area contributed by atoms with Crippen molar-refractivity contribution in [1.29, 1.82) is 5.26 Å². The monoisotopic (exact) mass is 430 g/mol. The summed E-state index contributed by atoms with van der Waals surface area (Å²) in [7, 11) is 0. The summed E-state index contributed by atoms with van der Waals surface area (Å²) < 4.78 is 70.7. The largest absolute Gasteiger partial charge is 0.451 e. The first-order valence-corrected chi connectivity index (χ1v) is 7.89. The summed E-state index contributed by atoms with van der Waals surface area (Å²) in [5.74, 6) is -14.1. The molecule has 5 nitrogen and oxygen atoms in total.